The number of nitrogens with one attached hydrogen (secondary N) is 1. The van der Waals surface area contributed by atoms with E-state index in [9.17, 15) is 18.0 Å². The van der Waals surface area contributed by atoms with Gasteiger partial charge in [0, 0.05) is 5.02 Å². The van der Waals surface area contributed by atoms with Crippen LogP contribution < -0.4 is 10.1 Å². The molecule has 0 bridgehead atoms. The minimum atomic E-state index is -4.81. The van der Waals surface area contributed by atoms with Gasteiger partial charge in [-0.1, -0.05) is 29.8 Å². The quantitative estimate of drug-likeness (QED) is 0.690. The summed E-state index contributed by atoms with van der Waals surface area (Å²) in [6.07, 6.45) is -3.94. The first kappa shape index (κ1) is 18.8. The lowest BCUT2D eigenvalue weighted by molar-refractivity contribution is -0.143. The number of carbonyl (C=O) groups excluding carboxylic acids is 1. The van der Waals surface area contributed by atoms with Crippen LogP contribution in [0.25, 0.3) is 5.69 Å². The normalized spacial score (nSPS) is 11.3. The highest BCUT2D eigenvalue weighted by molar-refractivity contribution is 6.30. The number of benzene rings is 2. The third kappa shape index (κ3) is 3.90. The fourth-order valence-corrected chi connectivity index (χ4v) is 2.71. The van der Waals surface area contributed by atoms with Gasteiger partial charge in [-0.15, -0.1) is 0 Å². The summed E-state index contributed by atoms with van der Waals surface area (Å²) in [6.45, 7) is 0. The standard InChI is InChI=1S/C18H13ClF3N3O2/c1-27-15-8-3-2-7-14(15)24-17(26)13-10-23-25(16(13)18(20,21)22)12-6-4-5-11(19)9-12/h2-10H,1H3,(H,24,26). The molecule has 0 atom stereocenters. The number of hydrogen-bond acceptors (Lipinski definition) is 3. The van der Waals surface area contributed by atoms with Crippen LogP contribution in [0.3, 0.4) is 0 Å². The van der Waals surface area contributed by atoms with Crippen molar-refractivity contribution in [1.82, 2.24) is 9.78 Å². The number of methoxy groups -OCH3 is 1. The molecule has 9 heteroatoms. The molecule has 0 unspecified atom stereocenters. The molecular formula is C18H13ClF3N3O2. The Labute approximate surface area is 157 Å². The Morgan fingerprint density at radius 1 is 1.19 bits per heavy atom. The van der Waals surface area contributed by atoms with Crippen LogP contribution in [0.5, 0.6) is 5.75 Å². The van der Waals surface area contributed by atoms with Gasteiger partial charge in [0.15, 0.2) is 5.69 Å². The van der Waals surface area contributed by atoms with Crippen molar-refractivity contribution in [2.75, 3.05) is 12.4 Å². The Bertz CT molecular complexity index is 986. The smallest absolute Gasteiger partial charge is 0.434 e. The maximum atomic E-state index is 13.7. The lowest BCUT2D eigenvalue weighted by Crippen LogP contribution is -2.21. The largest absolute Gasteiger partial charge is 0.495 e. The first-order valence-corrected chi connectivity index (χ1v) is 8.04. The van der Waals surface area contributed by atoms with Gasteiger partial charge in [0.1, 0.15) is 5.75 Å². The van der Waals surface area contributed by atoms with Gasteiger partial charge in [-0.05, 0) is 30.3 Å². The number of hydrogen-bond donors (Lipinski definition) is 1. The van der Waals surface area contributed by atoms with Gasteiger partial charge >= 0.3 is 6.18 Å². The predicted molar refractivity (Wildman–Crippen MR) is 94.5 cm³/mol. The summed E-state index contributed by atoms with van der Waals surface area (Å²) >= 11 is 5.86. The number of nitrogens with zero attached hydrogens (tertiary/aromatic N) is 2. The molecule has 1 heterocycles. The zero-order chi connectivity index (χ0) is 19.6. The van der Waals surface area contributed by atoms with E-state index in [0.717, 1.165) is 6.20 Å². The van der Waals surface area contributed by atoms with Gasteiger partial charge < -0.3 is 10.1 Å². The number of alkyl halides is 3. The molecule has 0 aliphatic rings. The van der Waals surface area contributed by atoms with Crippen molar-refractivity contribution < 1.29 is 22.7 Å². The molecule has 2 aromatic carbocycles. The summed E-state index contributed by atoms with van der Waals surface area (Å²) in [6, 6.07) is 12.2. The van der Waals surface area contributed by atoms with E-state index in [4.69, 9.17) is 16.3 Å². The predicted octanol–water partition coefficient (Wildman–Crippen LogP) is 4.81. The summed E-state index contributed by atoms with van der Waals surface area (Å²) in [7, 11) is 1.39. The van der Waals surface area contributed by atoms with Gasteiger partial charge in [0.05, 0.1) is 30.2 Å². The van der Waals surface area contributed by atoms with Crippen molar-refractivity contribution in [3.05, 3.63) is 71.0 Å². The maximum absolute atomic E-state index is 13.7. The number of aromatic nitrogens is 2. The van der Waals surface area contributed by atoms with E-state index in [2.05, 4.69) is 10.4 Å². The van der Waals surface area contributed by atoms with Gasteiger partial charge in [0.25, 0.3) is 5.91 Å². The van der Waals surface area contributed by atoms with Crippen LogP contribution in [0.4, 0.5) is 18.9 Å². The first-order chi connectivity index (χ1) is 12.8. The summed E-state index contributed by atoms with van der Waals surface area (Å²) in [5, 5.41) is 6.41. The lowest BCUT2D eigenvalue weighted by atomic mass is 10.2. The summed E-state index contributed by atoms with van der Waals surface area (Å²) in [4.78, 5) is 12.5. The van der Waals surface area contributed by atoms with Crippen LogP contribution in [0.2, 0.25) is 5.02 Å². The topological polar surface area (TPSA) is 56.1 Å². The van der Waals surface area contributed by atoms with Crippen LogP contribution in [0, 0.1) is 0 Å². The second-order valence-corrected chi connectivity index (χ2v) is 5.89. The highest BCUT2D eigenvalue weighted by Crippen LogP contribution is 2.35. The Hall–Kier alpha value is -3.00. The molecular weight excluding hydrogens is 383 g/mol. The molecule has 5 nitrogen and oxygen atoms in total. The van der Waals surface area contributed by atoms with Crippen molar-refractivity contribution in [1.29, 1.82) is 0 Å². The number of anilines is 1. The number of para-hydroxylation sites is 2. The molecule has 0 radical (unpaired) electrons. The molecule has 140 valence electrons. The van der Waals surface area contributed by atoms with Crippen LogP contribution in [0.15, 0.2) is 54.7 Å². The van der Waals surface area contributed by atoms with Gasteiger partial charge in [-0.3, -0.25) is 4.79 Å². The van der Waals surface area contributed by atoms with Crippen LogP contribution >= 0.6 is 11.6 Å². The number of ether oxygens (including phenoxy) is 1. The molecule has 0 aliphatic carbocycles. The van der Waals surface area contributed by atoms with Crippen LogP contribution in [-0.2, 0) is 6.18 Å². The molecule has 0 spiro atoms. The van der Waals surface area contributed by atoms with Gasteiger partial charge in [0.2, 0.25) is 0 Å². The monoisotopic (exact) mass is 395 g/mol. The van der Waals surface area contributed by atoms with E-state index in [-0.39, 0.29) is 16.4 Å². The number of rotatable bonds is 4. The van der Waals surface area contributed by atoms with Crippen molar-refractivity contribution in [3.8, 4) is 11.4 Å². The Kier molecular flexibility index (Phi) is 5.09. The average Bonchev–Trinajstić information content (AvgIpc) is 3.08. The zero-order valence-corrected chi connectivity index (χ0v) is 14.7. The van der Waals surface area contributed by atoms with Crippen molar-refractivity contribution in [2.45, 2.75) is 6.18 Å². The van der Waals surface area contributed by atoms with E-state index in [1.54, 1.807) is 18.2 Å². The third-order valence-electron chi connectivity index (χ3n) is 3.69. The molecule has 1 aromatic heterocycles. The molecule has 3 aromatic rings. The Morgan fingerprint density at radius 2 is 1.93 bits per heavy atom. The Balaban J connectivity index is 2.04. The molecule has 0 saturated heterocycles. The van der Waals surface area contributed by atoms with Crippen molar-refractivity contribution >= 4 is 23.2 Å². The first-order valence-electron chi connectivity index (χ1n) is 7.67. The maximum Gasteiger partial charge on any atom is 0.434 e. The lowest BCUT2D eigenvalue weighted by Gasteiger charge is -2.14. The fourth-order valence-electron chi connectivity index (χ4n) is 2.53. The molecule has 3 rings (SSSR count). The number of amides is 1. The highest BCUT2D eigenvalue weighted by atomic mass is 35.5. The van der Waals surface area contributed by atoms with Crippen molar-refractivity contribution in [2.24, 2.45) is 0 Å². The second kappa shape index (κ2) is 7.32. The number of carbonyl (C=O) groups is 1. The van der Waals surface area contributed by atoms with E-state index in [0.29, 0.717) is 10.4 Å². The highest BCUT2D eigenvalue weighted by Gasteiger charge is 2.40. The van der Waals surface area contributed by atoms with Gasteiger partial charge in [-0.2, -0.15) is 18.3 Å². The second-order valence-electron chi connectivity index (χ2n) is 5.45. The van der Waals surface area contributed by atoms with E-state index in [1.165, 1.54) is 37.4 Å². The molecule has 1 N–H and O–H groups in total. The minimum Gasteiger partial charge on any atom is -0.495 e. The average molecular weight is 396 g/mol. The molecule has 1 amide bonds. The van der Waals surface area contributed by atoms with Crippen molar-refractivity contribution in [3.63, 3.8) is 0 Å². The molecule has 27 heavy (non-hydrogen) atoms. The van der Waals surface area contributed by atoms with E-state index >= 15 is 0 Å². The summed E-state index contributed by atoms with van der Waals surface area (Å²) < 4.78 is 46.8. The van der Waals surface area contributed by atoms with Crippen LogP contribution in [-0.4, -0.2) is 22.8 Å². The van der Waals surface area contributed by atoms with Gasteiger partial charge in [-0.25, -0.2) is 4.68 Å². The molecule has 0 saturated carbocycles. The molecule has 0 aliphatic heterocycles. The fraction of sp³-hybridized carbons (Fsp3) is 0.111. The molecule has 0 fully saturated rings. The SMILES string of the molecule is COc1ccccc1NC(=O)c1cnn(-c2cccc(Cl)c2)c1C(F)(F)F. The summed E-state index contributed by atoms with van der Waals surface area (Å²) in [5.41, 5.74) is -1.48. The number of halogens is 4. The van der Waals surface area contributed by atoms with Crippen LogP contribution in [0.1, 0.15) is 16.1 Å². The zero-order valence-electron chi connectivity index (χ0n) is 13.9. The Morgan fingerprint density at radius 3 is 2.59 bits per heavy atom. The minimum absolute atomic E-state index is 0.0890. The van der Waals surface area contributed by atoms with E-state index < -0.39 is 23.3 Å². The summed E-state index contributed by atoms with van der Waals surface area (Å²) in [5.74, 6) is -0.637. The van der Waals surface area contributed by atoms with E-state index in [1.807, 2.05) is 0 Å². The third-order valence-corrected chi connectivity index (χ3v) is 3.93.